The molecule has 4 nitrogen and oxygen atoms in total. The third-order valence-corrected chi connectivity index (χ3v) is 9.56. The van der Waals surface area contributed by atoms with Gasteiger partial charge >= 0.3 is 0 Å². The van der Waals surface area contributed by atoms with Gasteiger partial charge in [-0.05, 0) is 79.4 Å². The molecule has 10 heteroatoms. The first kappa shape index (κ1) is 26.3. The predicted molar refractivity (Wildman–Crippen MR) is 161 cm³/mol. The van der Waals surface area contributed by atoms with Gasteiger partial charge in [-0.3, -0.25) is 4.57 Å². The molecule has 0 aliphatic heterocycles. The van der Waals surface area contributed by atoms with Crippen LogP contribution in [0.1, 0.15) is 36.0 Å². The van der Waals surface area contributed by atoms with Crippen molar-refractivity contribution in [1.82, 2.24) is 19.7 Å². The summed E-state index contributed by atoms with van der Waals surface area (Å²) in [6, 6.07) is 19.3. The molecule has 0 spiro atoms. The Morgan fingerprint density at radius 3 is 2.21 bits per heavy atom. The van der Waals surface area contributed by atoms with Gasteiger partial charge < -0.3 is 0 Å². The number of hydrogen-bond donors (Lipinski definition) is 0. The van der Waals surface area contributed by atoms with E-state index in [0.717, 1.165) is 67.8 Å². The van der Waals surface area contributed by atoms with E-state index in [1.165, 1.54) is 0 Å². The second-order valence-electron chi connectivity index (χ2n) is 9.14. The molecule has 192 valence electrons. The number of benzene rings is 3. The van der Waals surface area contributed by atoms with Crippen LogP contribution in [0.5, 0.6) is 0 Å². The average molecular weight is 665 g/mol. The van der Waals surface area contributed by atoms with Crippen LogP contribution in [0.15, 0.2) is 65.1 Å². The monoisotopic (exact) mass is 662 g/mol. The van der Waals surface area contributed by atoms with Crippen molar-refractivity contribution in [3.8, 4) is 27.8 Å². The van der Waals surface area contributed by atoms with Gasteiger partial charge in [-0.2, -0.15) is 0 Å². The van der Waals surface area contributed by atoms with Gasteiger partial charge in [-0.1, -0.05) is 86.7 Å². The van der Waals surface area contributed by atoms with Gasteiger partial charge in [-0.25, -0.2) is 4.98 Å². The molecule has 0 atom stereocenters. The summed E-state index contributed by atoms with van der Waals surface area (Å²) >= 11 is 30.7. The standard InChI is InChI=1S/C28H19BrCl4N4S/c1-2-23-24(26-35-36-27(38-26)28(11-12-28)20-10-6-17(31)14-22(20)33)34-25(19-9-5-16(30)13-21(19)32)37(23)18-7-3-15(29)4-8-18/h3-10,13-14H,2,11-12H2,1H3. The van der Waals surface area contributed by atoms with E-state index in [1.807, 2.05) is 36.4 Å². The van der Waals surface area contributed by atoms with Crippen molar-refractivity contribution in [3.63, 3.8) is 0 Å². The lowest BCUT2D eigenvalue weighted by molar-refractivity contribution is 0.807. The smallest absolute Gasteiger partial charge is 0.168 e. The second-order valence-corrected chi connectivity index (χ2v) is 12.7. The molecule has 0 radical (unpaired) electrons. The van der Waals surface area contributed by atoms with E-state index < -0.39 is 0 Å². The summed E-state index contributed by atoms with van der Waals surface area (Å²) in [5.74, 6) is 0.722. The molecule has 2 heterocycles. The summed E-state index contributed by atoms with van der Waals surface area (Å²) in [7, 11) is 0. The van der Waals surface area contributed by atoms with Gasteiger partial charge in [-0.15, -0.1) is 10.2 Å². The van der Waals surface area contributed by atoms with Gasteiger partial charge in [0.2, 0.25) is 0 Å². The largest absolute Gasteiger partial charge is 0.296 e. The normalized spacial score (nSPS) is 14.2. The van der Waals surface area contributed by atoms with E-state index in [-0.39, 0.29) is 5.41 Å². The number of rotatable bonds is 6. The number of halogens is 5. The van der Waals surface area contributed by atoms with E-state index >= 15 is 0 Å². The quantitative estimate of drug-likeness (QED) is 0.181. The maximum Gasteiger partial charge on any atom is 0.168 e. The van der Waals surface area contributed by atoms with Crippen LogP contribution in [-0.4, -0.2) is 19.7 Å². The van der Waals surface area contributed by atoms with Crippen LogP contribution in [0, 0.1) is 0 Å². The van der Waals surface area contributed by atoms with E-state index in [4.69, 9.17) is 51.4 Å². The Bertz CT molecular complexity index is 1680. The highest BCUT2D eigenvalue weighted by molar-refractivity contribution is 9.10. The van der Waals surface area contributed by atoms with Crippen LogP contribution in [0.3, 0.4) is 0 Å². The molecule has 1 aliphatic rings. The molecule has 0 amide bonds. The predicted octanol–water partition coefficient (Wildman–Crippen LogP) is 10.1. The molecule has 1 aliphatic carbocycles. The third-order valence-electron chi connectivity index (χ3n) is 6.80. The molecule has 0 bridgehead atoms. The molecule has 38 heavy (non-hydrogen) atoms. The van der Waals surface area contributed by atoms with Crippen LogP contribution in [0.4, 0.5) is 0 Å². The molecule has 3 aromatic carbocycles. The summed E-state index contributed by atoms with van der Waals surface area (Å²) in [5.41, 5.74) is 4.37. The Morgan fingerprint density at radius 2 is 1.58 bits per heavy atom. The third kappa shape index (κ3) is 4.59. The summed E-state index contributed by atoms with van der Waals surface area (Å²) in [5, 5.41) is 13.3. The van der Waals surface area contributed by atoms with Crippen molar-refractivity contribution < 1.29 is 0 Å². The lowest BCUT2D eigenvalue weighted by Crippen LogP contribution is -2.09. The van der Waals surface area contributed by atoms with Crippen LogP contribution < -0.4 is 0 Å². The van der Waals surface area contributed by atoms with Gasteiger partial charge in [0.25, 0.3) is 0 Å². The minimum Gasteiger partial charge on any atom is -0.296 e. The fourth-order valence-electron chi connectivity index (χ4n) is 4.78. The van der Waals surface area contributed by atoms with Gasteiger partial charge in [0.1, 0.15) is 16.5 Å². The molecule has 5 aromatic rings. The van der Waals surface area contributed by atoms with Crippen LogP contribution in [0.25, 0.3) is 27.8 Å². The number of hydrogen-bond acceptors (Lipinski definition) is 4. The zero-order valence-electron chi connectivity index (χ0n) is 20.0. The Morgan fingerprint density at radius 1 is 0.895 bits per heavy atom. The lowest BCUT2D eigenvalue weighted by Gasteiger charge is -2.14. The second kappa shape index (κ2) is 10.2. The minimum absolute atomic E-state index is 0.236. The molecular weight excluding hydrogens is 646 g/mol. The Labute approximate surface area is 252 Å². The van der Waals surface area contributed by atoms with Gasteiger partial charge in [0.05, 0.1) is 16.1 Å². The van der Waals surface area contributed by atoms with E-state index in [2.05, 4.69) is 49.8 Å². The summed E-state index contributed by atoms with van der Waals surface area (Å²) < 4.78 is 3.14. The Hall–Kier alpha value is -1.93. The first-order chi connectivity index (χ1) is 18.3. The first-order valence-electron chi connectivity index (χ1n) is 11.9. The molecule has 1 fully saturated rings. The summed E-state index contributed by atoms with van der Waals surface area (Å²) in [6.45, 7) is 2.11. The SMILES string of the molecule is CCc1c(-c2nnc(C3(c4ccc(Cl)cc4Cl)CC3)s2)nc(-c2ccc(Cl)cc2Cl)n1-c1ccc(Br)cc1. The highest BCUT2D eigenvalue weighted by atomic mass is 79.9. The lowest BCUT2D eigenvalue weighted by atomic mass is 9.97. The Balaban J connectivity index is 1.51. The molecule has 2 aromatic heterocycles. The zero-order chi connectivity index (χ0) is 26.6. The van der Waals surface area contributed by atoms with Crippen LogP contribution in [-0.2, 0) is 11.8 Å². The highest BCUT2D eigenvalue weighted by Gasteiger charge is 2.50. The van der Waals surface area contributed by atoms with Crippen molar-refractivity contribution in [1.29, 1.82) is 0 Å². The topological polar surface area (TPSA) is 43.6 Å². The number of imidazole rings is 1. The molecule has 0 N–H and O–H groups in total. The molecular formula is C28H19BrCl4N4S. The van der Waals surface area contributed by atoms with Gasteiger partial charge in [0, 0.05) is 30.8 Å². The zero-order valence-corrected chi connectivity index (χ0v) is 25.4. The summed E-state index contributed by atoms with van der Waals surface area (Å²) in [6.07, 6.45) is 2.65. The van der Waals surface area contributed by atoms with E-state index in [1.54, 1.807) is 23.5 Å². The van der Waals surface area contributed by atoms with Gasteiger partial charge in [0.15, 0.2) is 5.01 Å². The molecule has 0 saturated heterocycles. The number of aromatic nitrogens is 4. The number of nitrogens with zero attached hydrogens (tertiary/aromatic N) is 4. The van der Waals surface area contributed by atoms with Crippen molar-refractivity contribution in [2.24, 2.45) is 0 Å². The molecule has 1 saturated carbocycles. The average Bonchev–Trinajstić information content (AvgIpc) is 3.37. The maximum atomic E-state index is 6.67. The fraction of sp³-hybridized carbons (Fsp3) is 0.179. The fourth-order valence-corrected chi connectivity index (χ4v) is 7.25. The van der Waals surface area contributed by atoms with Crippen molar-refractivity contribution >= 4 is 73.7 Å². The summed E-state index contributed by atoms with van der Waals surface area (Å²) in [4.78, 5) is 5.12. The highest BCUT2D eigenvalue weighted by Crippen LogP contribution is 2.56. The van der Waals surface area contributed by atoms with E-state index in [9.17, 15) is 0 Å². The van der Waals surface area contributed by atoms with Crippen LogP contribution in [0.2, 0.25) is 20.1 Å². The minimum atomic E-state index is -0.236. The van der Waals surface area contributed by atoms with Crippen molar-refractivity contribution in [3.05, 3.63) is 101 Å². The first-order valence-corrected chi connectivity index (χ1v) is 15.1. The van der Waals surface area contributed by atoms with Crippen LogP contribution >= 0.6 is 73.7 Å². The van der Waals surface area contributed by atoms with Crippen molar-refractivity contribution in [2.45, 2.75) is 31.6 Å². The van der Waals surface area contributed by atoms with Crippen molar-refractivity contribution in [2.75, 3.05) is 0 Å². The maximum absolute atomic E-state index is 6.67. The van der Waals surface area contributed by atoms with E-state index in [0.29, 0.717) is 20.1 Å². The molecule has 0 unspecified atom stereocenters. The Kier molecular flexibility index (Phi) is 7.08. The molecule has 6 rings (SSSR count).